The Morgan fingerprint density at radius 1 is 1.13 bits per heavy atom. The van der Waals surface area contributed by atoms with Crippen LogP contribution in [0.5, 0.6) is 5.75 Å². The molecule has 0 spiro atoms. The van der Waals surface area contributed by atoms with Crippen molar-refractivity contribution in [3.05, 3.63) is 99.4 Å². The van der Waals surface area contributed by atoms with Gasteiger partial charge in [0.05, 0.1) is 23.9 Å². The lowest BCUT2D eigenvalue weighted by molar-refractivity contribution is -0.123. The van der Waals surface area contributed by atoms with Gasteiger partial charge >= 0.3 is 6.09 Å². The average Bonchev–Trinajstić information content (AvgIpc) is 3.43. The van der Waals surface area contributed by atoms with E-state index < -0.39 is 35.2 Å². The minimum Gasteiger partial charge on any atom is -0.487 e. The van der Waals surface area contributed by atoms with Gasteiger partial charge in [-0.1, -0.05) is 12.1 Å². The number of carbonyl (C=O) groups excluding carboxylic acids is 3. The number of anilines is 1. The number of halogens is 2. The normalized spacial score (nSPS) is 11.8. The topological polar surface area (TPSA) is 132 Å². The van der Waals surface area contributed by atoms with Gasteiger partial charge in [0.25, 0.3) is 5.56 Å². The molecule has 0 aliphatic rings. The van der Waals surface area contributed by atoms with Gasteiger partial charge in [-0.15, -0.1) is 11.3 Å². The summed E-state index contributed by atoms with van der Waals surface area (Å²) < 4.78 is 39.8. The van der Waals surface area contributed by atoms with E-state index in [-0.39, 0.29) is 36.7 Å². The highest BCUT2D eigenvalue weighted by molar-refractivity contribution is 7.19. The van der Waals surface area contributed by atoms with Gasteiger partial charge in [0, 0.05) is 31.9 Å². The van der Waals surface area contributed by atoms with E-state index in [9.17, 15) is 28.0 Å². The van der Waals surface area contributed by atoms with Crippen molar-refractivity contribution < 1.29 is 32.6 Å². The fraction of sp³-hybridized carbons (Fsp3) is 0.258. The largest absolute Gasteiger partial charge is 0.487 e. The van der Waals surface area contributed by atoms with Crippen LogP contribution in [0, 0.1) is 11.6 Å². The van der Waals surface area contributed by atoms with Gasteiger partial charge in [0.1, 0.15) is 40.7 Å². The quantitative estimate of drug-likeness (QED) is 0.219. The van der Waals surface area contributed by atoms with E-state index in [2.05, 4.69) is 20.4 Å². The first-order chi connectivity index (χ1) is 21.5. The minimum atomic E-state index is -1.05. The molecule has 1 unspecified atom stereocenters. The van der Waals surface area contributed by atoms with Gasteiger partial charge in [-0.2, -0.15) is 0 Å². The fourth-order valence-electron chi connectivity index (χ4n) is 4.13. The third-order valence-corrected chi connectivity index (χ3v) is 7.59. The van der Waals surface area contributed by atoms with Gasteiger partial charge in [-0.25, -0.2) is 18.6 Å². The highest BCUT2D eigenvalue weighted by Gasteiger charge is 2.22. The van der Waals surface area contributed by atoms with E-state index in [1.165, 1.54) is 39.0 Å². The highest BCUT2D eigenvalue weighted by atomic mass is 32.1. The van der Waals surface area contributed by atoms with E-state index in [4.69, 9.17) is 4.74 Å². The molecule has 4 rings (SSSR count). The maximum atomic E-state index is 14.1. The van der Waals surface area contributed by atoms with Crippen LogP contribution in [0.25, 0.3) is 10.2 Å². The summed E-state index contributed by atoms with van der Waals surface area (Å²) in [7, 11) is 4.38. The zero-order valence-corrected chi connectivity index (χ0v) is 25.5. The number of amides is 3. The monoisotopic (exact) mass is 639 g/mol. The Bertz CT molecular complexity index is 1790. The summed E-state index contributed by atoms with van der Waals surface area (Å²) in [6, 6.07) is 10.5. The second kappa shape index (κ2) is 15.1. The number of likely N-dealkylation sites (N-methyl/N-ethyl adjacent to an activating group) is 1. The Labute approximate surface area is 261 Å². The number of fused-ring (bicyclic) bond motifs is 1. The first kappa shape index (κ1) is 32.8. The summed E-state index contributed by atoms with van der Waals surface area (Å²) in [6.45, 7) is -0.0293. The number of thiazole rings is 1. The molecule has 1 atom stereocenters. The number of allylic oxidation sites excluding steroid dienone is 1. The number of aromatic nitrogens is 2. The number of benzene rings is 2. The second-order valence-corrected chi connectivity index (χ2v) is 11.1. The van der Waals surface area contributed by atoms with Crippen molar-refractivity contribution in [1.82, 2.24) is 19.8 Å². The van der Waals surface area contributed by atoms with E-state index in [1.54, 1.807) is 50.6 Å². The number of carbonyl (C=O) groups is 3. The maximum absolute atomic E-state index is 14.1. The summed E-state index contributed by atoms with van der Waals surface area (Å²) >= 11 is 1.29. The van der Waals surface area contributed by atoms with E-state index in [0.29, 0.717) is 27.4 Å². The Kier molecular flexibility index (Phi) is 11.0. The minimum absolute atomic E-state index is 0.0102. The molecule has 2 aromatic carbocycles. The number of methoxy groups -OCH3 is 1. The summed E-state index contributed by atoms with van der Waals surface area (Å²) in [5.74, 6) is -1.79. The van der Waals surface area contributed by atoms with Crippen LogP contribution in [0.4, 0.5) is 19.3 Å². The van der Waals surface area contributed by atoms with Crippen LogP contribution in [-0.2, 0) is 27.5 Å². The molecule has 45 heavy (non-hydrogen) atoms. The number of rotatable bonds is 12. The Hall–Kier alpha value is -5.11. The van der Waals surface area contributed by atoms with Crippen LogP contribution in [0.3, 0.4) is 0 Å². The van der Waals surface area contributed by atoms with E-state index in [1.807, 2.05) is 0 Å². The SMILES string of the molecule is COC(=O)NC(CCC=CC(=O)N(C)C)C(=O)Nc1cccn(Cc2nc3cccc(OCc4ccc(F)cc4F)c3s2)c1=O. The second-order valence-electron chi connectivity index (χ2n) is 9.98. The summed E-state index contributed by atoms with van der Waals surface area (Å²) in [4.78, 5) is 56.0. The molecule has 2 aromatic heterocycles. The number of pyridine rings is 1. The summed E-state index contributed by atoms with van der Waals surface area (Å²) in [5, 5.41) is 5.60. The van der Waals surface area contributed by atoms with Crippen LogP contribution in [0.15, 0.2) is 71.7 Å². The third kappa shape index (κ3) is 8.72. The average molecular weight is 640 g/mol. The van der Waals surface area contributed by atoms with Crippen molar-refractivity contribution in [2.75, 3.05) is 26.5 Å². The molecule has 0 radical (unpaired) electrons. The first-order valence-electron chi connectivity index (χ1n) is 13.7. The number of ether oxygens (including phenoxy) is 2. The van der Waals surface area contributed by atoms with Gasteiger partial charge in [-0.05, 0) is 55.3 Å². The molecule has 0 saturated carbocycles. The van der Waals surface area contributed by atoms with E-state index >= 15 is 0 Å². The molecule has 2 N–H and O–H groups in total. The van der Waals surface area contributed by atoms with Crippen LogP contribution in [0.1, 0.15) is 23.4 Å². The van der Waals surface area contributed by atoms with Crippen molar-refractivity contribution in [3.8, 4) is 5.75 Å². The first-order valence-corrected chi connectivity index (χ1v) is 14.5. The highest BCUT2D eigenvalue weighted by Crippen LogP contribution is 2.32. The van der Waals surface area contributed by atoms with Gasteiger partial charge < -0.3 is 29.6 Å². The maximum Gasteiger partial charge on any atom is 0.407 e. The van der Waals surface area contributed by atoms with Gasteiger partial charge in [0.2, 0.25) is 11.8 Å². The lowest BCUT2D eigenvalue weighted by atomic mass is 10.1. The molecule has 236 valence electrons. The van der Waals surface area contributed by atoms with Crippen molar-refractivity contribution >= 4 is 45.1 Å². The summed E-state index contributed by atoms with van der Waals surface area (Å²) in [5.41, 5.74) is 0.303. The number of alkyl carbamates (subject to hydrolysis) is 1. The summed E-state index contributed by atoms with van der Waals surface area (Å²) in [6.07, 6.45) is 4.12. The molecule has 2 heterocycles. The molecule has 0 saturated heterocycles. The molecule has 0 fully saturated rings. The smallest absolute Gasteiger partial charge is 0.407 e. The Morgan fingerprint density at radius 3 is 2.67 bits per heavy atom. The zero-order valence-electron chi connectivity index (χ0n) is 24.7. The lowest BCUT2D eigenvalue weighted by Crippen LogP contribution is -2.44. The van der Waals surface area contributed by atoms with E-state index in [0.717, 1.165) is 19.2 Å². The molecule has 3 amide bonds. The van der Waals surface area contributed by atoms with Crippen molar-refractivity contribution in [1.29, 1.82) is 0 Å². The molecule has 14 heteroatoms. The third-order valence-electron chi connectivity index (χ3n) is 6.52. The fourth-order valence-corrected chi connectivity index (χ4v) is 5.16. The molecular formula is C31H31F2N5O6S. The molecule has 0 bridgehead atoms. The van der Waals surface area contributed by atoms with Crippen molar-refractivity contribution in [3.63, 3.8) is 0 Å². The Balaban J connectivity index is 1.47. The number of hydrogen-bond acceptors (Lipinski definition) is 8. The van der Waals surface area contributed by atoms with Crippen molar-refractivity contribution in [2.24, 2.45) is 0 Å². The molecule has 0 aliphatic heterocycles. The lowest BCUT2D eigenvalue weighted by Gasteiger charge is -2.17. The molecule has 11 nitrogen and oxygen atoms in total. The predicted octanol–water partition coefficient (Wildman–Crippen LogP) is 4.45. The molecule has 0 aliphatic carbocycles. The Morgan fingerprint density at radius 2 is 1.93 bits per heavy atom. The molecular weight excluding hydrogens is 608 g/mol. The number of nitrogens with one attached hydrogen (secondary N) is 2. The molecule has 4 aromatic rings. The zero-order chi connectivity index (χ0) is 32.5. The number of nitrogens with zero attached hydrogens (tertiary/aromatic N) is 3. The van der Waals surface area contributed by atoms with Crippen LogP contribution < -0.4 is 20.9 Å². The van der Waals surface area contributed by atoms with Gasteiger partial charge in [-0.3, -0.25) is 14.4 Å². The number of hydrogen-bond donors (Lipinski definition) is 2. The predicted molar refractivity (Wildman–Crippen MR) is 165 cm³/mol. The van der Waals surface area contributed by atoms with Crippen LogP contribution in [-0.4, -0.2) is 59.6 Å². The standard InChI is InChI=1S/C31H31F2N5O6S/c1-37(2)27(39)12-5-4-8-23(36-31(42)43-3)29(40)35-24-10-7-15-38(30(24)41)17-26-34-22-9-6-11-25(28(22)45-26)44-18-19-13-14-20(32)16-21(19)33/h5-7,9-16,23H,4,8,17-18H2,1-3H3,(H,35,40)(H,36,42). The van der Waals surface area contributed by atoms with Crippen molar-refractivity contribution in [2.45, 2.75) is 32.0 Å². The van der Waals surface area contributed by atoms with Crippen LogP contribution in [0.2, 0.25) is 0 Å². The van der Waals surface area contributed by atoms with Gasteiger partial charge in [0.15, 0.2) is 0 Å². The van der Waals surface area contributed by atoms with Crippen LogP contribution >= 0.6 is 11.3 Å².